The van der Waals surface area contributed by atoms with Gasteiger partial charge in [-0.25, -0.2) is 0 Å². The van der Waals surface area contributed by atoms with Gasteiger partial charge >= 0.3 is 5.97 Å². The molecule has 82 valence electrons. The highest BCUT2D eigenvalue weighted by Crippen LogP contribution is 2.28. The molecule has 1 rings (SSSR count). The molecule has 0 saturated carbocycles. The fourth-order valence-corrected chi connectivity index (χ4v) is 2.17. The van der Waals surface area contributed by atoms with Crippen molar-refractivity contribution in [3.63, 3.8) is 0 Å². The molecule has 1 atom stereocenters. The van der Waals surface area contributed by atoms with E-state index in [-0.39, 0.29) is 5.92 Å². The minimum atomic E-state index is -0.789. The molecule has 2 nitrogen and oxygen atoms in total. The normalized spacial score (nSPS) is 12.5. The number of thioether (sulfide) groups is 1. The van der Waals surface area contributed by atoms with E-state index in [0.717, 1.165) is 4.90 Å². The second-order valence-corrected chi connectivity index (χ2v) is 5.03. The number of hydrogen-bond acceptors (Lipinski definition) is 2. The zero-order valence-corrected chi connectivity index (χ0v) is 10.4. The van der Waals surface area contributed by atoms with E-state index in [2.05, 4.69) is 0 Å². The van der Waals surface area contributed by atoms with Gasteiger partial charge in [0.1, 0.15) is 0 Å². The first-order chi connectivity index (χ1) is 7.00. The van der Waals surface area contributed by atoms with Gasteiger partial charge in [0.15, 0.2) is 0 Å². The van der Waals surface area contributed by atoms with Crippen LogP contribution in [-0.2, 0) is 4.79 Å². The third-order valence-corrected chi connectivity index (χ3v) is 3.81. The Bertz CT molecular complexity index is 368. The van der Waals surface area contributed by atoms with Crippen molar-refractivity contribution < 1.29 is 9.90 Å². The maximum atomic E-state index is 10.6. The molecule has 0 aliphatic rings. The van der Waals surface area contributed by atoms with Crippen molar-refractivity contribution in [2.45, 2.75) is 11.8 Å². The van der Waals surface area contributed by atoms with Crippen molar-refractivity contribution in [3.05, 3.63) is 28.2 Å². The molecular weight excluding hydrogens is 255 g/mol. The van der Waals surface area contributed by atoms with E-state index < -0.39 is 5.97 Å². The summed E-state index contributed by atoms with van der Waals surface area (Å²) < 4.78 is 0. The van der Waals surface area contributed by atoms with Gasteiger partial charge in [0.05, 0.1) is 16.0 Å². The van der Waals surface area contributed by atoms with Crippen LogP contribution < -0.4 is 0 Å². The lowest BCUT2D eigenvalue weighted by molar-refractivity contribution is -0.140. The van der Waals surface area contributed by atoms with Gasteiger partial charge in [-0.05, 0) is 18.2 Å². The minimum Gasteiger partial charge on any atom is -0.481 e. The fourth-order valence-electron chi connectivity index (χ4n) is 0.859. The number of benzene rings is 1. The molecule has 5 heteroatoms. The maximum Gasteiger partial charge on any atom is 0.307 e. The third-order valence-electron chi connectivity index (χ3n) is 1.81. The summed E-state index contributed by atoms with van der Waals surface area (Å²) in [7, 11) is 0. The van der Waals surface area contributed by atoms with Crippen LogP contribution in [0.4, 0.5) is 0 Å². The molecule has 0 bridgehead atoms. The molecule has 0 radical (unpaired) electrons. The van der Waals surface area contributed by atoms with Crippen LogP contribution in [0, 0.1) is 5.92 Å². The molecular formula is C10H10Cl2O2S. The van der Waals surface area contributed by atoms with Crippen LogP contribution in [0.25, 0.3) is 0 Å². The zero-order chi connectivity index (χ0) is 11.4. The van der Waals surface area contributed by atoms with Gasteiger partial charge in [0.25, 0.3) is 0 Å². The van der Waals surface area contributed by atoms with E-state index >= 15 is 0 Å². The lowest BCUT2D eigenvalue weighted by Gasteiger charge is -2.06. The second-order valence-electron chi connectivity index (χ2n) is 3.13. The summed E-state index contributed by atoms with van der Waals surface area (Å²) in [5.74, 6) is -0.639. The van der Waals surface area contributed by atoms with Crippen LogP contribution in [0.1, 0.15) is 6.92 Å². The summed E-state index contributed by atoms with van der Waals surface area (Å²) in [6, 6.07) is 5.27. The number of carboxylic acids is 1. The molecule has 0 aliphatic carbocycles. The Morgan fingerprint density at radius 3 is 2.67 bits per heavy atom. The zero-order valence-electron chi connectivity index (χ0n) is 8.04. The van der Waals surface area contributed by atoms with Gasteiger partial charge < -0.3 is 5.11 Å². The Labute approximate surface area is 103 Å². The van der Waals surface area contributed by atoms with Crippen LogP contribution in [0.15, 0.2) is 23.1 Å². The number of halogens is 2. The van der Waals surface area contributed by atoms with E-state index in [9.17, 15) is 4.79 Å². The highest BCUT2D eigenvalue weighted by molar-refractivity contribution is 7.99. The first-order valence-electron chi connectivity index (χ1n) is 4.31. The molecule has 0 aromatic heterocycles. The smallest absolute Gasteiger partial charge is 0.307 e. The number of rotatable bonds is 4. The minimum absolute atomic E-state index is 0.371. The predicted octanol–water partition coefficient (Wildman–Crippen LogP) is 3.81. The third kappa shape index (κ3) is 3.93. The number of carboxylic acid groups (broad SMARTS) is 1. The molecule has 1 N–H and O–H groups in total. The van der Waals surface area contributed by atoms with Crippen LogP contribution >= 0.6 is 35.0 Å². The maximum absolute atomic E-state index is 10.6. The lowest BCUT2D eigenvalue weighted by Crippen LogP contribution is -2.11. The summed E-state index contributed by atoms with van der Waals surface area (Å²) >= 11 is 13.0. The molecule has 1 aromatic carbocycles. The average molecular weight is 265 g/mol. The second kappa shape index (κ2) is 5.64. The van der Waals surface area contributed by atoms with Crippen molar-refractivity contribution >= 4 is 40.9 Å². The van der Waals surface area contributed by atoms with Crippen LogP contribution in [0.3, 0.4) is 0 Å². The van der Waals surface area contributed by atoms with Crippen molar-refractivity contribution in [1.29, 1.82) is 0 Å². The Balaban J connectivity index is 2.58. The van der Waals surface area contributed by atoms with Crippen molar-refractivity contribution in [1.82, 2.24) is 0 Å². The summed E-state index contributed by atoms with van der Waals surface area (Å²) in [6.45, 7) is 1.67. The molecule has 0 heterocycles. The monoisotopic (exact) mass is 264 g/mol. The molecule has 0 fully saturated rings. The molecule has 15 heavy (non-hydrogen) atoms. The standard InChI is InChI=1S/C10H10Cl2O2S/c1-6(10(13)14)5-15-7-2-3-8(11)9(12)4-7/h2-4,6H,5H2,1H3,(H,13,14). The van der Waals surface area contributed by atoms with E-state index in [1.54, 1.807) is 19.1 Å². The molecule has 0 spiro atoms. The predicted molar refractivity (Wildman–Crippen MR) is 64.0 cm³/mol. The summed E-state index contributed by atoms with van der Waals surface area (Å²) in [5.41, 5.74) is 0. The average Bonchev–Trinajstić information content (AvgIpc) is 2.19. The van der Waals surface area contributed by atoms with Crippen LogP contribution in [-0.4, -0.2) is 16.8 Å². The fraction of sp³-hybridized carbons (Fsp3) is 0.300. The van der Waals surface area contributed by atoms with E-state index in [4.69, 9.17) is 28.3 Å². The number of carbonyl (C=O) groups is 1. The molecule has 1 aromatic rings. The first kappa shape index (κ1) is 12.7. The van der Waals surface area contributed by atoms with Gasteiger partial charge in [0, 0.05) is 10.6 Å². The topological polar surface area (TPSA) is 37.3 Å². The van der Waals surface area contributed by atoms with Crippen LogP contribution in [0.2, 0.25) is 10.0 Å². The lowest BCUT2D eigenvalue weighted by atomic mass is 10.2. The van der Waals surface area contributed by atoms with Crippen LogP contribution in [0.5, 0.6) is 0 Å². The van der Waals surface area contributed by atoms with Gasteiger partial charge in [-0.3, -0.25) is 4.79 Å². The van der Waals surface area contributed by atoms with Gasteiger partial charge in [-0.15, -0.1) is 11.8 Å². The quantitative estimate of drug-likeness (QED) is 0.841. The Hall–Kier alpha value is -0.380. The van der Waals surface area contributed by atoms with Crippen molar-refractivity contribution in [2.75, 3.05) is 5.75 Å². The summed E-state index contributed by atoms with van der Waals surface area (Å²) in [5, 5.41) is 9.70. The molecule has 0 amide bonds. The number of hydrogen-bond donors (Lipinski definition) is 1. The Morgan fingerprint density at radius 2 is 2.13 bits per heavy atom. The van der Waals surface area contributed by atoms with Gasteiger partial charge in [-0.2, -0.15) is 0 Å². The SMILES string of the molecule is CC(CSc1ccc(Cl)c(Cl)c1)C(=O)O. The van der Waals surface area contributed by atoms with Gasteiger partial charge in [-0.1, -0.05) is 30.1 Å². The molecule has 0 saturated heterocycles. The highest BCUT2D eigenvalue weighted by atomic mass is 35.5. The van der Waals surface area contributed by atoms with E-state index in [0.29, 0.717) is 15.8 Å². The first-order valence-corrected chi connectivity index (χ1v) is 6.05. The highest BCUT2D eigenvalue weighted by Gasteiger charge is 2.11. The summed E-state index contributed by atoms with van der Waals surface area (Å²) in [6.07, 6.45) is 0. The Kier molecular flexibility index (Phi) is 4.77. The van der Waals surface area contributed by atoms with E-state index in [1.165, 1.54) is 11.8 Å². The summed E-state index contributed by atoms with van der Waals surface area (Å²) in [4.78, 5) is 11.5. The molecule has 1 unspecified atom stereocenters. The molecule has 0 aliphatic heterocycles. The van der Waals surface area contributed by atoms with Gasteiger partial charge in [0.2, 0.25) is 0 Å². The Morgan fingerprint density at radius 1 is 1.47 bits per heavy atom. The number of aliphatic carboxylic acids is 1. The largest absolute Gasteiger partial charge is 0.481 e. The van der Waals surface area contributed by atoms with Crippen molar-refractivity contribution in [3.8, 4) is 0 Å². The van der Waals surface area contributed by atoms with Crippen molar-refractivity contribution in [2.24, 2.45) is 5.92 Å². The van der Waals surface area contributed by atoms with E-state index in [1.807, 2.05) is 6.07 Å².